The molecule has 2 radical (unpaired) electrons. The number of likely N-dealkylation sites (tertiary alicyclic amines) is 1. The fraction of sp³-hybridized carbons (Fsp3) is 0.212. The van der Waals surface area contributed by atoms with Crippen molar-refractivity contribution in [1.29, 1.82) is 5.26 Å². The molecule has 242 valence electrons. The molecule has 15 nitrogen and oxygen atoms in total. The molecule has 16 heteroatoms. The molecule has 0 saturated carbocycles. The molecule has 0 atom stereocenters. The smallest absolute Gasteiger partial charge is 0.261 e. The normalized spacial score (nSPS) is 14.1. The Kier molecular flexibility index (Phi) is 8.53. The molecule has 6 heterocycles. The molecule has 0 aliphatic carbocycles. The Morgan fingerprint density at radius 3 is 2.45 bits per heavy atom. The third-order valence-corrected chi connectivity index (χ3v) is 8.03. The summed E-state index contributed by atoms with van der Waals surface area (Å²) >= 11 is 0. The lowest BCUT2D eigenvalue weighted by molar-refractivity contribution is -0.225. The van der Waals surface area contributed by atoms with Crippen LogP contribution < -0.4 is 15.8 Å². The molecule has 1 aliphatic heterocycles. The molecule has 5 N–H and O–H groups in total. The van der Waals surface area contributed by atoms with Crippen molar-refractivity contribution >= 4 is 30.6 Å². The van der Waals surface area contributed by atoms with Gasteiger partial charge >= 0.3 is 0 Å². The SMILES string of the molecule is [B]C(O)(O)Oc1ccc(-c2ccc3nc(-c4nccnc4N)n(-c4ccc(CN5CCC(Nc6ccnc(C#N)n6)CC5)cc4)c3n2)cn1. The summed E-state index contributed by atoms with van der Waals surface area (Å²) in [6, 6.07) is 19.0. The van der Waals surface area contributed by atoms with E-state index in [2.05, 4.69) is 47.3 Å². The highest BCUT2D eigenvalue weighted by Gasteiger charge is 2.22. The van der Waals surface area contributed by atoms with Crippen LogP contribution in [0.15, 0.2) is 79.4 Å². The summed E-state index contributed by atoms with van der Waals surface area (Å²) in [5, 5.41) is 31.1. The first-order valence-electron chi connectivity index (χ1n) is 15.4. The number of nitrogen functional groups attached to an aromatic ring is 1. The third-order valence-electron chi connectivity index (χ3n) is 8.03. The summed E-state index contributed by atoms with van der Waals surface area (Å²) in [5.74, 6) is -1.35. The first-order chi connectivity index (χ1) is 23.7. The van der Waals surface area contributed by atoms with Crippen molar-refractivity contribution in [3.63, 3.8) is 0 Å². The van der Waals surface area contributed by atoms with E-state index in [1.807, 2.05) is 34.9 Å². The summed E-state index contributed by atoms with van der Waals surface area (Å²) in [4.78, 5) is 33.2. The minimum atomic E-state index is -2.84. The molecule has 1 aliphatic rings. The second kappa shape index (κ2) is 13.2. The van der Waals surface area contributed by atoms with Gasteiger partial charge in [-0.1, -0.05) is 12.1 Å². The summed E-state index contributed by atoms with van der Waals surface area (Å²) in [6.07, 6.45) is 8.07. The first kappa shape index (κ1) is 31.6. The Bertz CT molecular complexity index is 2140. The zero-order valence-electron chi connectivity index (χ0n) is 26.0. The zero-order valence-corrected chi connectivity index (χ0v) is 26.0. The van der Waals surface area contributed by atoms with Crippen molar-refractivity contribution in [3.05, 3.63) is 90.8 Å². The van der Waals surface area contributed by atoms with Crippen LogP contribution in [0, 0.1) is 11.3 Å². The molecule has 5 aromatic heterocycles. The van der Waals surface area contributed by atoms with Gasteiger partial charge in [-0.15, -0.1) is 0 Å². The van der Waals surface area contributed by atoms with Gasteiger partial charge in [-0.2, -0.15) is 5.26 Å². The maximum absolute atomic E-state index is 9.31. The van der Waals surface area contributed by atoms with Gasteiger partial charge in [0.05, 0.1) is 5.69 Å². The summed E-state index contributed by atoms with van der Waals surface area (Å²) in [5.41, 5.74) is 11.1. The van der Waals surface area contributed by atoms with Gasteiger partial charge in [0.15, 0.2) is 17.3 Å². The first-order valence-corrected chi connectivity index (χ1v) is 15.4. The van der Waals surface area contributed by atoms with Gasteiger partial charge in [0, 0.05) is 67.8 Å². The molecule has 1 fully saturated rings. The molecule has 0 unspecified atom stereocenters. The summed E-state index contributed by atoms with van der Waals surface area (Å²) in [7, 11) is 5.10. The molecule has 7 rings (SSSR count). The number of anilines is 2. The van der Waals surface area contributed by atoms with Gasteiger partial charge < -0.3 is 26.0 Å². The number of ether oxygens (including phenoxy) is 1. The highest BCUT2D eigenvalue weighted by atomic mass is 16.8. The van der Waals surface area contributed by atoms with E-state index in [9.17, 15) is 10.2 Å². The van der Waals surface area contributed by atoms with E-state index in [-0.39, 0.29) is 23.6 Å². The lowest BCUT2D eigenvalue weighted by Gasteiger charge is -2.32. The molecule has 1 aromatic carbocycles. The summed E-state index contributed by atoms with van der Waals surface area (Å²) in [6.45, 7) is 2.62. The number of benzene rings is 1. The predicted molar refractivity (Wildman–Crippen MR) is 180 cm³/mol. The third kappa shape index (κ3) is 7.14. The lowest BCUT2D eigenvalue weighted by Crippen LogP contribution is -2.38. The number of nitrogens with two attached hydrogens (primary N) is 1. The molecule has 6 aromatic rings. The monoisotopic (exact) mass is 652 g/mol. The Morgan fingerprint density at radius 2 is 1.73 bits per heavy atom. The van der Waals surface area contributed by atoms with Crippen LogP contribution in [0.3, 0.4) is 0 Å². The van der Waals surface area contributed by atoms with Gasteiger partial charge in [-0.3, -0.25) is 9.47 Å². The maximum Gasteiger partial charge on any atom is 0.261 e. The molecular weight excluding hydrogens is 623 g/mol. The highest BCUT2D eigenvalue weighted by molar-refractivity contribution is 6.12. The Morgan fingerprint density at radius 1 is 0.939 bits per heavy atom. The van der Waals surface area contributed by atoms with Crippen LogP contribution in [0.1, 0.15) is 24.2 Å². The minimum absolute atomic E-state index is 0.0683. The fourth-order valence-corrected chi connectivity index (χ4v) is 5.73. The van der Waals surface area contributed by atoms with Gasteiger partial charge in [0.25, 0.3) is 5.87 Å². The second-order valence-electron chi connectivity index (χ2n) is 11.5. The number of pyridine rings is 2. The number of rotatable bonds is 9. The molecule has 1 saturated heterocycles. The molecule has 49 heavy (non-hydrogen) atoms. The van der Waals surface area contributed by atoms with E-state index in [0.29, 0.717) is 39.8 Å². The summed E-state index contributed by atoms with van der Waals surface area (Å²) < 4.78 is 6.69. The number of fused-ring (bicyclic) bond motifs is 1. The topological polar surface area (TPSA) is 210 Å². The van der Waals surface area contributed by atoms with Crippen molar-refractivity contribution < 1.29 is 14.9 Å². The Labute approximate surface area is 281 Å². The van der Waals surface area contributed by atoms with Crippen LogP contribution in [0.4, 0.5) is 11.6 Å². The van der Waals surface area contributed by atoms with Crippen LogP contribution >= 0.6 is 0 Å². The van der Waals surface area contributed by atoms with Crippen LogP contribution in [-0.4, -0.2) is 87.4 Å². The average Bonchev–Trinajstić information content (AvgIpc) is 3.48. The van der Waals surface area contributed by atoms with Crippen LogP contribution in [0.25, 0.3) is 39.6 Å². The molecular formula is C33H29BN12O3. The van der Waals surface area contributed by atoms with E-state index >= 15 is 0 Å². The Hall–Kier alpha value is -6.02. The van der Waals surface area contributed by atoms with Crippen molar-refractivity contribution in [2.45, 2.75) is 31.3 Å². The van der Waals surface area contributed by atoms with Crippen molar-refractivity contribution in [1.82, 2.24) is 44.4 Å². The number of nitrogens with zero attached hydrogens (tertiary/aromatic N) is 10. The fourth-order valence-electron chi connectivity index (χ4n) is 5.73. The van der Waals surface area contributed by atoms with E-state index in [0.717, 1.165) is 43.7 Å². The number of aliphatic hydroxyl groups is 2. The van der Waals surface area contributed by atoms with E-state index in [4.69, 9.17) is 33.5 Å². The van der Waals surface area contributed by atoms with Crippen LogP contribution in [-0.2, 0) is 6.54 Å². The number of hydrogen-bond acceptors (Lipinski definition) is 14. The van der Waals surface area contributed by atoms with Gasteiger partial charge in [0.1, 0.15) is 23.1 Å². The highest BCUT2D eigenvalue weighted by Crippen LogP contribution is 2.31. The number of nitrogens with one attached hydrogen (secondary N) is 1. The van der Waals surface area contributed by atoms with E-state index in [1.54, 1.807) is 24.5 Å². The molecule has 0 bridgehead atoms. The Balaban J connectivity index is 1.13. The van der Waals surface area contributed by atoms with E-state index < -0.39 is 5.87 Å². The van der Waals surface area contributed by atoms with Crippen molar-refractivity contribution in [2.24, 2.45) is 0 Å². The van der Waals surface area contributed by atoms with E-state index in [1.165, 1.54) is 18.5 Å². The quantitative estimate of drug-likeness (QED) is 0.131. The number of hydrogen-bond donors (Lipinski definition) is 4. The molecule has 0 amide bonds. The van der Waals surface area contributed by atoms with Gasteiger partial charge in [0.2, 0.25) is 19.6 Å². The largest absolute Gasteiger partial charge is 0.432 e. The number of aromatic nitrogens is 8. The number of piperidine rings is 1. The standard InChI is InChI=1S/C33H29BN12O3/c34-33(47,48)49-28-8-3-21(18-40-28)24-6-7-25-31(42-24)46(32(43-25)29-30(36)39-14-13-38-29)23-4-1-20(2-5-23)19-45-15-10-22(11-16-45)41-26-9-12-37-27(17-35)44-26/h1-9,12-14,18,22,47-48H,10-11,15-16,19H2,(H2,36,39)(H,37,41,44). The van der Waals surface area contributed by atoms with Crippen LogP contribution in [0.2, 0.25) is 0 Å². The lowest BCUT2D eigenvalue weighted by atomic mass is 10.0. The average molecular weight is 652 g/mol. The molecule has 0 spiro atoms. The second-order valence-corrected chi connectivity index (χ2v) is 11.5. The zero-order chi connectivity index (χ0) is 34.0. The predicted octanol–water partition coefficient (Wildman–Crippen LogP) is 2.40. The van der Waals surface area contributed by atoms with Crippen molar-refractivity contribution in [3.8, 4) is 40.4 Å². The van der Waals surface area contributed by atoms with Crippen molar-refractivity contribution in [2.75, 3.05) is 24.1 Å². The van der Waals surface area contributed by atoms with Gasteiger partial charge in [-0.25, -0.2) is 34.9 Å². The number of nitriles is 1. The van der Waals surface area contributed by atoms with Gasteiger partial charge in [-0.05, 0) is 54.8 Å². The van der Waals surface area contributed by atoms with Crippen LogP contribution in [0.5, 0.6) is 5.88 Å². The number of imidazole rings is 1. The maximum atomic E-state index is 9.31. The minimum Gasteiger partial charge on any atom is -0.432 e.